The number of amides is 1. The van der Waals surface area contributed by atoms with Crippen LogP contribution in [0.1, 0.15) is 0 Å². The summed E-state index contributed by atoms with van der Waals surface area (Å²) in [5.74, 6) is 0.608. The van der Waals surface area contributed by atoms with Crippen molar-refractivity contribution in [1.29, 1.82) is 0 Å². The Morgan fingerprint density at radius 1 is 1.23 bits per heavy atom. The number of nitro benzene ring substituents is 1. The summed E-state index contributed by atoms with van der Waals surface area (Å²) in [4.78, 5) is 21.3. The van der Waals surface area contributed by atoms with Crippen molar-refractivity contribution in [3.63, 3.8) is 0 Å². The maximum atomic E-state index is 11.1. The number of nitrogens with one attached hydrogen (secondary N) is 1. The van der Waals surface area contributed by atoms with Gasteiger partial charge in [0.25, 0.3) is 5.69 Å². The maximum Gasteiger partial charge on any atom is 0.409 e. The number of hydrogen-bond donors (Lipinski definition) is 2. The standard InChI is InChI=1S/C14H13N3O5/c1-21-10-5-6-12(13(8-10)17(19)20)16-9-3-2-4-11(7-9)22-14(15)18/h2-8,16H,1H3,(H2,15,18). The zero-order chi connectivity index (χ0) is 16.1. The molecule has 8 nitrogen and oxygen atoms in total. The van der Waals surface area contributed by atoms with Gasteiger partial charge < -0.3 is 20.5 Å². The second-order valence-electron chi connectivity index (χ2n) is 4.21. The lowest BCUT2D eigenvalue weighted by molar-refractivity contribution is -0.384. The summed E-state index contributed by atoms with van der Waals surface area (Å²) in [5.41, 5.74) is 5.59. The summed E-state index contributed by atoms with van der Waals surface area (Å²) in [6.45, 7) is 0. The van der Waals surface area contributed by atoms with Crippen LogP contribution in [0.2, 0.25) is 0 Å². The first-order chi connectivity index (χ1) is 10.5. The van der Waals surface area contributed by atoms with Gasteiger partial charge in [0.1, 0.15) is 17.2 Å². The van der Waals surface area contributed by atoms with Crippen molar-refractivity contribution < 1.29 is 19.2 Å². The molecule has 114 valence electrons. The predicted molar refractivity (Wildman–Crippen MR) is 79.6 cm³/mol. The fourth-order valence-corrected chi connectivity index (χ4v) is 1.80. The number of carbonyl (C=O) groups excluding carboxylic acids is 1. The van der Waals surface area contributed by atoms with Gasteiger partial charge in [-0.1, -0.05) is 6.07 Å². The Bertz CT molecular complexity index is 717. The van der Waals surface area contributed by atoms with Crippen LogP contribution in [0.3, 0.4) is 0 Å². The van der Waals surface area contributed by atoms with Crippen molar-refractivity contribution in [3.05, 3.63) is 52.6 Å². The first-order valence-corrected chi connectivity index (χ1v) is 6.16. The van der Waals surface area contributed by atoms with E-state index < -0.39 is 11.0 Å². The summed E-state index contributed by atoms with van der Waals surface area (Å²) >= 11 is 0. The number of hydrogen-bond acceptors (Lipinski definition) is 6. The number of anilines is 2. The molecule has 0 heterocycles. The van der Waals surface area contributed by atoms with Crippen LogP contribution < -0.4 is 20.5 Å². The average molecular weight is 303 g/mol. The van der Waals surface area contributed by atoms with Crippen LogP contribution in [0, 0.1) is 10.1 Å². The second kappa shape index (κ2) is 6.44. The van der Waals surface area contributed by atoms with Gasteiger partial charge in [0.05, 0.1) is 18.1 Å². The van der Waals surface area contributed by atoms with Crippen LogP contribution in [0.15, 0.2) is 42.5 Å². The number of nitrogens with two attached hydrogens (primary N) is 1. The molecule has 0 saturated heterocycles. The van der Waals surface area contributed by atoms with Gasteiger partial charge in [0.2, 0.25) is 0 Å². The van der Waals surface area contributed by atoms with E-state index in [-0.39, 0.29) is 17.1 Å². The van der Waals surface area contributed by atoms with Gasteiger partial charge in [0.15, 0.2) is 0 Å². The van der Waals surface area contributed by atoms with Crippen molar-refractivity contribution in [1.82, 2.24) is 0 Å². The third-order valence-electron chi connectivity index (χ3n) is 2.73. The number of ether oxygens (including phenoxy) is 2. The number of nitro groups is 1. The number of methoxy groups -OCH3 is 1. The third-order valence-corrected chi connectivity index (χ3v) is 2.73. The van der Waals surface area contributed by atoms with Crippen molar-refractivity contribution in [2.45, 2.75) is 0 Å². The number of benzene rings is 2. The molecular weight excluding hydrogens is 290 g/mol. The molecule has 0 unspecified atom stereocenters. The van der Waals surface area contributed by atoms with E-state index in [1.165, 1.54) is 25.3 Å². The minimum absolute atomic E-state index is 0.138. The molecule has 3 N–H and O–H groups in total. The first kappa shape index (κ1) is 15.1. The van der Waals surface area contributed by atoms with E-state index in [0.717, 1.165) is 0 Å². The maximum absolute atomic E-state index is 11.1. The molecule has 0 aromatic heterocycles. The van der Waals surface area contributed by atoms with E-state index in [1.807, 2.05) is 0 Å². The van der Waals surface area contributed by atoms with Crippen LogP contribution in [0.25, 0.3) is 0 Å². The molecule has 0 aliphatic rings. The fraction of sp³-hybridized carbons (Fsp3) is 0.0714. The number of rotatable bonds is 5. The quantitative estimate of drug-likeness (QED) is 0.648. The molecule has 0 aliphatic heterocycles. The lowest BCUT2D eigenvalue weighted by Gasteiger charge is -2.09. The Morgan fingerprint density at radius 2 is 2.00 bits per heavy atom. The molecule has 2 rings (SSSR count). The highest BCUT2D eigenvalue weighted by atomic mass is 16.6. The smallest absolute Gasteiger partial charge is 0.409 e. The summed E-state index contributed by atoms with van der Waals surface area (Å²) in [6, 6.07) is 10.8. The highest BCUT2D eigenvalue weighted by Crippen LogP contribution is 2.32. The fourth-order valence-electron chi connectivity index (χ4n) is 1.80. The molecule has 0 radical (unpaired) electrons. The van der Waals surface area contributed by atoms with E-state index in [0.29, 0.717) is 11.4 Å². The Kier molecular flexibility index (Phi) is 4.42. The van der Waals surface area contributed by atoms with Crippen molar-refractivity contribution in [2.24, 2.45) is 5.73 Å². The molecule has 0 atom stereocenters. The van der Waals surface area contributed by atoms with Gasteiger partial charge in [0, 0.05) is 11.8 Å². The van der Waals surface area contributed by atoms with Crippen molar-refractivity contribution in [2.75, 3.05) is 12.4 Å². The summed E-state index contributed by atoms with van der Waals surface area (Å²) in [5, 5.41) is 14.0. The highest BCUT2D eigenvalue weighted by molar-refractivity contribution is 5.73. The van der Waals surface area contributed by atoms with Crippen molar-refractivity contribution >= 4 is 23.2 Å². The van der Waals surface area contributed by atoms with Gasteiger partial charge in [-0.2, -0.15) is 0 Å². The van der Waals surface area contributed by atoms with Gasteiger partial charge in [-0.05, 0) is 24.3 Å². The van der Waals surface area contributed by atoms with Crippen LogP contribution in [-0.4, -0.2) is 18.1 Å². The molecule has 0 bridgehead atoms. The number of carbonyl (C=O) groups is 1. The Morgan fingerprint density at radius 3 is 2.64 bits per heavy atom. The van der Waals surface area contributed by atoms with E-state index >= 15 is 0 Å². The molecule has 8 heteroatoms. The largest absolute Gasteiger partial charge is 0.496 e. The van der Waals surface area contributed by atoms with Crippen LogP contribution in [-0.2, 0) is 0 Å². The SMILES string of the molecule is COc1ccc(Nc2cccc(OC(N)=O)c2)c([N+](=O)[O-])c1. The van der Waals surface area contributed by atoms with Crippen LogP contribution >= 0.6 is 0 Å². The molecular formula is C14H13N3O5. The Hall–Kier alpha value is -3.29. The lowest BCUT2D eigenvalue weighted by atomic mass is 10.2. The molecule has 0 aliphatic carbocycles. The van der Waals surface area contributed by atoms with E-state index in [1.54, 1.807) is 24.3 Å². The molecule has 0 saturated carbocycles. The Balaban J connectivity index is 2.30. The summed E-state index contributed by atoms with van der Waals surface area (Å²) < 4.78 is 9.72. The first-order valence-electron chi connectivity index (χ1n) is 6.16. The second-order valence-corrected chi connectivity index (χ2v) is 4.21. The van der Waals surface area contributed by atoms with E-state index in [2.05, 4.69) is 5.32 Å². The van der Waals surface area contributed by atoms with Gasteiger partial charge in [-0.25, -0.2) is 4.79 Å². The minimum Gasteiger partial charge on any atom is -0.496 e. The topological polar surface area (TPSA) is 117 Å². The summed E-state index contributed by atoms with van der Waals surface area (Å²) in [6.07, 6.45) is -0.937. The van der Waals surface area contributed by atoms with Crippen LogP contribution in [0.4, 0.5) is 21.9 Å². The molecule has 0 fully saturated rings. The normalized spacial score (nSPS) is 9.86. The average Bonchev–Trinajstić information content (AvgIpc) is 2.47. The number of nitrogens with zero attached hydrogens (tertiary/aromatic N) is 1. The van der Waals surface area contributed by atoms with E-state index in [9.17, 15) is 14.9 Å². The monoisotopic (exact) mass is 303 g/mol. The number of primary amides is 1. The van der Waals surface area contributed by atoms with Gasteiger partial charge in [-0.3, -0.25) is 10.1 Å². The predicted octanol–water partition coefficient (Wildman–Crippen LogP) is 2.80. The van der Waals surface area contributed by atoms with E-state index in [4.69, 9.17) is 15.2 Å². The zero-order valence-electron chi connectivity index (χ0n) is 11.6. The molecule has 2 aromatic carbocycles. The Labute approximate surface area is 125 Å². The van der Waals surface area contributed by atoms with Gasteiger partial charge in [-0.15, -0.1) is 0 Å². The van der Waals surface area contributed by atoms with Crippen LogP contribution in [0.5, 0.6) is 11.5 Å². The lowest BCUT2D eigenvalue weighted by Crippen LogP contribution is -2.16. The minimum atomic E-state index is -0.937. The van der Waals surface area contributed by atoms with Gasteiger partial charge >= 0.3 is 6.09 Å². The van der Waals surface area contributed by atoms with Crippen molar-refractivity contribution in [3.8, 4) is 11.5 Å². The molecule has 2 aromatic rings. The molecule has 1 amide bonds. The zero-order valence-corrected chi connectivity index (χ0v) is 11.6. The highest BCUT2D eigenvalue weighted by Gasteiger charge is 2.15. The molecule has 0 spiro atoms. The third kappa shape index (κ3) is 3.63. The summed E-state index contributed by atoms with van der Waals surface area (Å²) in [7, 11) is 1.43. The molecule has 22 heavy (non-hydrogen) atoms.